The Hall–Kier alpha value is -3.94. The molecular weight excluding hydrogens is 766 g/mol. The third-order valence-electron chi connectivity index (χ3n) is 9.78. The first-order chi connectivity index (χ1) is 25.1. The van der Waals surface area contributed by atoms with Crippen molar-refractivity contribution in [1.29, 1.82) is 0 Å². The van der Waals surface area contributed by atoms with Crippen LogP contribution >= 0.6 is 15.9 Å². The molecule has 0 aliphatic carbocycles. The Morgan fingerprint density at radius 1 is 1.04 bits per heavy atom. The number of nitrogens with zero attached hydrogens (tertiary/aromatic N) is 3. The van der Waals surface area contributed by atoms with Gasteiger partial charge in [0.25, 0.3) is 0 Å². The van der Waals surface area contributed by atoms with Crippen molar-refractivity contribution in [3.05, 3.63) is 105 Å². The number of benzene rings is 3. The first-order valence-electron chi connectivity index (χ1n) is 17.8. The van der Waals surface area contributed by atoms with Gasteiger partial charge in [0.1, 0.15) is 11.6 Å². The molecule has 5 rings (SSSR count). The molecule has 284 valence electrons. The summed E-state index contributed by atoms with van der Waals surface area (Å²) in [5, 5.41) is 14.9. The monoisotopic (exact) mass is 812 g/mol. The summed E-state index contributed by atoms with van der Waals surface area (Å²) in [7, 11) is -1.72. The predicted octanol–water partition coefficient (Wildman–Crippen LogP) is 8.00. The summed E-state index contributed by atoms with van der Waals surface area (Å²) in [5.74, 6) is -0.724. The minimum absolute atomic E-state index is 0.0538. The summed E-state index contributed by atoms with van der Waals surface area (Å²) < 4.78 is 63.3. The van der Waals surface area contributed by atoms with Gasteiger partial charge < -0.3 is 14.8 Å². The fraction of sp³-hybridized carbons (Fsp3) is 0.425. The molecule has 2 aromatic heterocycles. The van der Waals surface area contributed by atoms with Gasteiger partial charge in [0.2, 0.25) is 0 Å². The highest BCUT2D eigenvalue weighted by molar-refractivity contribution is 9.10. The number of aromatic amines is 1. The first-order valence-corrected chi connectivity index (χ1v) is 20.4. The van der Waals surface area contributed by atoms with E-state index in [0.29, 0.717) is 65.1 Å². The molecule has 2 N–H and O–H groups in total. The molecule has 0 spiro atoms. The van der Waals surface area contributed by atoms with Crippen LogP contribution < -0.4 is 0 Å². The van der Waals surface area contributed by atoms with Crippen molar-refractivity contribution in [2.45, 2.75) is 71.6 Å². The Kier molecular flexibility index (Phi) is 12.6. The van der Waals surface area contributed by atoms with Gasteiger partial charge in [-0.25, -0.2) is 26.9 Å². The summed E-state index contributed by atoms with van der Waals surface area (Å²) in [6, 6.07) is 15.9. The van der Waals surface area contributed by atoms with Crippen molar-refractivity contribution < 1.29 is 31.8 Å². The van der Waals surface area contributed by atoms with Crippen LogP contribution in [-0.2, 0) is 44.7 Å². The topological polar surface area (TPSA) is 127 Å². The molecule has 0 aliphatic heterocycles. The summed E-state index contributed by atoms with van der Waals surface area (Å²) in [6.45, 7) is 7.50. The Morgan fingerprint density at radius 2 is 1.81 bits per heavy atom. The number of carbonyl (C=O) groups is 1. The molecule has 3 aromatic carbocycles. The van der Waals surface area contributed by atoms with Gasteiger partial charge in [0.15, 0.2) is 21.5 Å². The van der Waals surface area contributed by atoms with E-state index in [1.165, 1.54) is 12.1 Å². The third-order valence-corrected chi connectivity index (χ3v) is 12.7. The van der Waals surface area contributed by atoms with Crippen LogP contribution in [0.1, 0.15) is 81.5 Å². The SMILES string of the molecule is CCOC(=O)CCc1cccc(C(C)(CCCC(C)(C)CS(=O)(=O)CCO)c2nc(-c3cc(Cc4c(F)cc5[nH]ccc5c4Br)ccc3F)n(C)n2)c1. The number of H-pyrrole nitrogens is 1. The van der Waals surface area contributed by atoms with Gasteiger partial charge >= 0.3 is 5.97 Å². The highest BCUT2D eigenvalue weighted by atomic mass is 79.9. The van der Waals surface area contributed by atoms with E-state index >= 15 is 8.78 Å². The number of ether oxygens (including phenoxy) is 1. The number of aryl methyl sites for hydroxylation is 2. The quantitative estimate of drug-likeness (QED) is 0.0912. The highest BCUT2D eigenvalue weighted by Crippen LogP contribution is 2.39. The van der Waals surface area contributed by atoms with Gasteiger partial charge in [0.05, 0.1) is 35.7 Å². The first kappa shape index (κ1) is 40.2. The Labute approximate surface area is 318 Å². The number of aromatic nitrogens is 4. The zero-order chi connectivity index (χ0) is 38.6. The van der Waals surface area contributed by atoms with E-state index in [1.807, 2.05) is 51.1 Å². The smallest absolute Gasteiger partial charge is 0.306 e. The molecule has 0 saturated heterocycles. The minimum Gasteiger partial charge on any atom is -0.466 e. The number of aliphatic hydroxyl groups excluding tert-OH is 1. The van der Waals surface area contributed by atoms with Crippen LogP contribution in [0.25, 0.3) is 22.3 Å². The van der Waals surface area contributed by atoms with Crippen LogP contribution in [0.15, 0.2) is 65.3 Å². The maximum atomic E-state index is 15.6. The second-order valence-corrected chi connectivity index (χ2v) is 17.6. The van der Waals surface area contributed by atoms with Crippen LogP contribution in [0.5, 0.6) is 0 Å². The zero-order valence-electron chi connectivity index (χ0n) is 30.8. The van der Waals surface area contributed by atoms with Crippen molar-refractivity contribution in [3.63, 3.8) is 0 Å². The normalized spacial score (nSPS) is 13.4. The van der Waals surface area contributed by atoms with Gasteiger partial charge in [-0.05, 0) is 95.4 Å². The number of sulfone groups is 1. The molecular formula is C40H47BrF2N4O5S. The van der Waals surface area contributed by atoms with Crippen LogP contribution in [0.2, 0.25) is 0 Å². The fourth-order valence-corrected chi connectivity index (χ4v) is 9.41. The van der Waals surface area contributed by atoms with Gasteiger partial charge in [-0.1, -0.05) is 50.6 Å². The molecule has 0 saturated carbocycles. The second-order valence-electron chi connectivity index (χ2n) is 14.6. The number of fused-ring (bicyclic) bond motifs is 1. The van der Waals surface area contributed by atoms with Crippen molar-refractivity contribution in [2.24, 2.45) is 12.5 Å². The van der Waals surface area contributed by atoms with Crippen LogP contribution in [-0.4, -0.2) is 64.0 Å². The second kappa shape index (κ2) is 16.6. The number of hydrogen-bond donors (Lipinski definition) is 2. The molecule has 9 nitrogen and oxygen atoms in total. The molecule has 0 aliphatic rings. The van der Waals surface area contributed by atoms with Crippen LogP contribution in [0.4, 0.5) is 8.78 Å². The Balaban J connectivity index is 1.49. The average molecular weight is 814 g/mol. The van der Waals surface area contributed by atoms with Crippen LogP contribution in [0, 0.1) is 17.0 Å². The molecule has 0 radical (unpaired) electrons. The van der Waals surface area contributed by atoms with E-state index < -0.39 is 33.1 Å². The maximum Gasteiger partial charge on any atom is 0.306 e. The van der Waals surface area contributed by atoms with E-state index in [-0.39, 0.29) is 41.7 Å². The number of carbonyl (C=O) groups excluding carboxylic acids is 1. The molecule has 1 unspecified atom stereocenters. The van der Waals surface area contributed by atoms with Crippen molar-refractivity contribution in [3.8, 4) is 11.4 Å². The number of nitrogens with one attached hydrogen (secondary N) is 1. The molecule has 2 heterocycles. The van der Waals surface area contributed by atoms with E-state index in [0.717, 1.165) is 16.5 Å². The zero-order valence-corrected chi connectivity index (χ0v) is 33.2. The van der Waals surface area contributed by atoms with Crippen molar-refractivity contribution in [2.75, 3.05) is 24.7 Å². The van der Waals surface area contributed by atoms with E-state index in [4.69, 9.17) is 14.8 Å². The lowest BCUT2D eigenvalue weighted by Gasteiger charge is -2.30. The maximum absolute atomic E-state index is 15.6. The number of esters is 1. The average Bonchev–Trinajstić information content (AvgIpc) is 3.73. The number of hydrogen-bond acceptors (Lipinski definition) is 7. The fourth-order valence-electron chi connectivity index (χ4n) is 6.98. The number of rotatable bonds is 17. The van der Waals surface area contributed by atoms with E-state index in [9.17, 15) is 18.3 Å². The summed E-state index contributed by atoms with van der Waals surface area (Å²) in [5.41, 5.74) is 2.54. The molecule has 13 heteroatoms. The lowest BCUT2D eigenvalue weighted by Crippen LogP contribution is -2.29. The molecule has 5 aromatic rings. The molecule has 0 fully saturated rings. The van der Waals surface area contributed by atoms with Crippen LogP contribution in [0.3, 0.4) is 0 Å². The van der Waals surface area contributed by atoms with Crippen molar-refractivity contribution in [1.82, 2.24) is 19.7 Å². The van der Waals surface area contributed by atoms with Gasteiger partial charge in [-0.2, -0.15) is 5.10 Å². The van der Waals surface area contributed by atoms with Gasteiger partial charge in [-0.15, -0.1) is 0 Å². The van der Waals surface area contributed by atoms with E-state index in [2.05, 4.69) is 20.9 Å². The van der Waals surface area contributed by atoms with E-state index in [1.54, 1.807) is 37.0 Å². The van der Waals surface area contributed by atoms with Gasteiger partial charge in [-0.3, -0.25) is 4.79 Å². The largest absolute Gasteiger partial charge is 0.466 e. The van der Waals surface area contributed by atoms with Crippen molar-refractivity contribution >= 4 is 42.6 Å². The lowest BCUT2D eigenvalue weighted by atomic mass is 9.75. The standard InChI is InChI=1S/C40H47BrF2N4O5S/c1-6-52-35(49)14-12-26-9-7-10-28(21-26)40(4,17-8-16-39(2,3)25-53(50,51)20-19-48)38-45-37(47(5)46-38)31-23-27(11-13-32(31)42)22-30-33(43)24-34-29(36(30)41)15-18-44-34/h7,9-11,13,15,18,21,23-24,44,48H,6,8,12,14,16-17,19-20,22,25H2,1-5H3. The predicted molar refractivity (Wildman–Crippen MR) is 206 cm³/mol. The van der Waals surface area contributed by atoms with Gasteiger partial charge in [0, 0.05) is 47.0 Å². The third kappa shape index (κ3) is 9.60. The lowest BCUT2D eigenvalue weighted by molar-refractivity contribution is -0.143. The molecule has 1 atom stereocenters. The summed E-state index contributed by atoms with van der Waals surface area (Å²) in [6.07, 6.45) is 4.40. The molecule has 0 bridgehead atoms. The number of halogens is 3. The Morgan fingerprint density at radius 3 is 2.55 bits per heavy atom. The molecule has 53 heavy (non-hydrogen) atoms. The molecule has 0 amide bonds. The number of aliphatic hydroxyl groups is 1. The minimum atomic E-state index is -3.43. The highest BCUT2D eigenvalue weighted by Gasteiger charge is 2.36. The summed E-state index contributed by atoms with van der Waals surface area (Å²) in [4.78, 5) is 20.1. The Bertz CT molecular complexity index is 2200. The summed E-state index contributed by atoms with van der Waals surface area (Å²) >= 11 is 3.57.